The molecule has 0 amide bonds. The van der Waals surface area contributed by atoms with Crippen LogP contribution in [0.15, 0.2) is 10.6 Å². The number of rotatable bonds is 2. The summed E-state index contributed by atoms with van der Waals surface area (Å²) in [6.07, 6.45) is 1.89. The Morgan fingerprint density at radius 1 is 1.56 bits per heavy atom. The first kappa shape index (κ1) is 8.89. The van der Waals surface area contributed by atoms with Gasteiger partial charge in [-0.15, -0.1) is 0 Å². The molecule has 0 rings (SSSR count). The lowest BCUT2D eigenvalue weighted by Gasteiger charge is -1.94. The van der Waals surface area contributed by atoms with E-state index in [0.717, 1.165) is 0 Å². The first-order valence-electron chi connectivity index (χ1n) is 2.92. The van der Waals surface area contributed by atoms with Crippen LogP contribution in [0.1, 0.15) is 20.8 Å². The molecule has 0 bridgehead atoms. The molecule has 0 aromatic heterocycles. The molecule has 0 radical (unpaired) electrons. The van der Waals surface area contributed by atoms with Gasteiger partial charge in [-0.25, -0.2) is 0 Å². The number of ketones is 1. The molecule has 0 aliphatic rings. The summed E-state index contributed by atoms with van der Waals surface area (Å²) in [5.74, 6) is 0.520. The molecule has 0 aromatic rings. The molecule has 0 heterocycles. The zero-order chi connectivity index (χ0) is 7.44. The van der Waals surface area contributed by atoms with E-state index in [1.165, 1.54) is 0 Å². The Hall–Kier alpha value is -0.110. The first-order chi connectivity index (χ1) is 4.04. The van der Waals surface area contributed by atoms with Crippen LogP contribution in [0.4, 0.5) is 0 Å². The quantitative estimate of drug-likeness (QED) is 0.613. The van der Waals surface area contributed by atoms with Crippen molar-refractivity contribution in [2.24, 2.45) is 5.92 Å². The van der Waals surface area contributed by atoms with Crippen LogP contribution in [0, 0.1) is 5.92 Å². The summed E-state index contributed by atoms with van der Waals surface area (Å²) in [6, 6.07) is 0. The minimum Gasteiger partial charge on any atom is -0.294 e. The number of halogens is 1. The van der Waals surface area contributed by atoms with Crippen molar-refractivity contribution in [2.45, 2.75) is 20.8 Å². The third kappa shape index (κ3) is 4.40. The molecule has 0 atom stereocenters. The normalized spacial score (nSPS) is 12.3. The lowest BCUT2D eigenvalue weighted by Crippen LogP contribution is -1.90. The fourth-order valence-electron chi connectivity index (χ4n) is 0.410. The highest BCUT2D eigenvalue weighted by molar-refractivity contribution is 9.12. The van der Waals surface area contributed by atoms with Gasteiger partial charge in [0, 0.05) is 0 Å². The Kier molecular flexibility index (Phi) is 3.78. The van der Waals surface area contributed by atoms with Gasteiger partial charge >= 0.3 is 0 Å². The highest BCUT2D eigenvalue weighted by Crippen LogP contribution is 2.09. The Balaban J connectivity index is 4.00. The summed E-state index contributed by atoms with van der Waals surface area (Å²) in [5, 5.41) is 0. The molecular formula is C7H11BrO. The van der Waals surface area contributed by atoms with Gasteiger partial charge in [0.25, 0.3) is 0 Å². The lowest BCUT2D eigenvalue weighted by atomic mass is 10.2. The monoisotopic (exact) mass is 190 g/mol. The Bertz CT molecular complexity index is 136. The molecule has 0 unspecified atom stereocenters. The Morgan fingerprint density at radius 3 is 2.11 bits per heavy atom. The molecule has 2 heteroatoms. The molecule has 0 saturated heterocycles. The molecule has 52 valence electrons. The highest BCUT2D eigenvalue weighted by Gasteiger charge is 1.97. The molecule has 0 aliphatic carbocycles. The minimum absolute atomic E-state index is 0.0868. The van der Waals surface area contributed by atoms with Gasteiger partial charge in [0.15, 0.2) is 5.78 Å². The van der Waals surface area contributed by atoms with Crippen LogP contribution in [0.3, 0.4) is 0 Å². The van der Waals surface area contributed by atoms with Crippen molar-refractivity contribution in [3.8, 4) is 0 Å². The second-order valence-electron chi connectivity index (χ2n) is 2.31. The zero-order valence-corrected chi connectivity index (χ0v) is 7.53. The zero-order valence-electron chi connectivity index (χ0n) is 5.94. The molecule has 9 heavy (non-hydrogen) atoms. The maximum Gasteiger partial charge on any atom is 0.166 e. The van der Waals surface area contributed by atoms with E-state index in [0.29, 0.717) is 10.4 Å². The molecule has 1 nitrogen and oxygen atoms in total. The number of carbonyl (C=O) groups is 1. The van der Waals surface area contributed by atoms with Crippen molar-refractivity contribution >= 4 is 21.7 Å². The number of hydrogen-bond acceptors (Lipinski definition) is 1. The summed E-state index contributed by atoms with van der Waals surface area (Å²) in [4.78, 5) is 10.6. The number of allylic oxidation sites excluding steroid dienone is 2. The molecule has 0 aliphatic heterocycles. The van der Waals surface area contributed by atoms with Crippen molar-refractivity contribution in [1.82, 2.24) is 0 Å². The van der Waals surface area contributed by atoms with Crippen LogP contribution in [-0.4, -0.2) is 5.78 Å². The van der Waals surface area contributed by atoms with Crippen LogP contribution in [0.2, 0.25) is 0 Å². The summed E-state index contributed by atoms with van der Waals surface area (Å²) < 4.78 is 0.678. The van der Waals surface area contributed by atoms with Crippen LogP contribution < -0.4 is 0 Å². The average molecular weight is 191 g/mol. The van der Waals surface area contributed by atoms with Gasteiger partial charge in [-0.1, -0.05) is 19.9 Å². The van der Waals surface area contributed by atoms with Gasteiger partial charge in [0.1, 0.15) is 0 Å². The van der Waals surface area contributed by atoms with Crippen LogP contribution >= 0.6 is 15.9 Å². The standard InChI is InChI=1S/C7H11BrO/c1-5(2)4-7(8)6(3)9/h4-5H,1-3H3. The SMILES string of the molecule is CC(=O)C(Br)=CC(C)C. The summed E-state index contributed by atoms with van der Waals surface area (Å²) in [6.45, 7) is 5.61. The van der Waals surface area contributed by atoms with Crippen LogP contribution in [-0.2, 0) is 4.79 Å². The third-order valence-corrected chi connectivity index (χ3v) is 1.64. The minimum atomic E-state index is 0.0868. The fourth-order valence-corrected chi connectivity index (χ4v) is 0.939. The summed E-state index contributed by atoms with van der Waals surface area (Å²) in [7, 11) is 0. The van der Waals surface area contributed by atoms with E-state index in [9.17, 15) is 4.79 Å². The average Bonchev–Trinajstić information content (AvgIpc) is 1.63. The topological polar surface area (TPSA) is 17.1 Å². The van der Waals surface area contributed by atoms with E-state index in [1.54, 1.807) is 6.92 Å². The molecule has 0 spiro atoms. The second kappa shape index (κ2) is 3.83. The molecular weight excluding hydrogens is 180 g/mol. The van der Waals surface area contributed by atoms with Gasteiger partial charge in [-0.2, -0.15) is 0 Å². The maximum atomic E-state index is 10.6. The van der Waals surface area contributed by atoms with E-state index in [1.807, 2.05) is 19.9 Å². The number of carbonyl (C=O) groups excluding carboxylic acids is 1. The van der Waals surface area contributed by atoms with Crippen molar-refractivity contribution in [3.05, 3.63) is 10.6 Å². The van der Waals surface area contributed by atoms with Gasteiger partial charge in [-0.05, 0) is 28.8 Å². The van der Waals surface area contributed by atoms with Crippen LogP contribution in [0.25, 0.3) is 0 Å². The van der Waals surface area contributed by atoms with Gasteiger partial charge < -0.3 is 0 Å². The highest BCUT2D eigenvalue weighted by atomic mass is 79.9. The van der Waals surface area contributed by atoms with E-state index in [4.69, 9.17) is 0 Å². The molecule has 0 aromatic carbocycles. The summed E-state index contributed by atoms with van der Waals surface area (Å²) >= 11 is 3.15. The number of Topliss-reactive ketones (excluding diaryl/α,β-unsaturated/α-hetero) is 1. The van der Waals surface area contributed by atoms with Gasteiger partial charge in [-0.3, -0.25) is 4.79 Å². The van der Waals surface area contributed by atoms with E-state index in [-0.39, 0.29) is 5.78 Å². The van der Waals surface area contributed by atoms with Gasteiger partial charge in [0.2, 0.25) is 0 Å². The molecule has 0 fully saturated rings. The van der Waals surface area contributed by atoms with Crippen molar-refractivity contribution in [1.29, 1.82) is 0 Å². The third-order valence-electron chi connectivity index (χ3n) is 0.816. The first-order valence-corrected chi connectivity index (χ1v) is 3.71. The predicted molar refractivity (Wildman–Crippen MR) is 42.5 cm³/mol. The second-order valence-corrected chi connectivity index (χ2v) is 3.17. The molecule has 0 saturated carbocycles. The summed E-state index contributed by atoms with van der Waals surface area (Å²) in [5.41, 5.74) is 0. The maximum absolute atomic E-state index is 10.6. The van der Waals surface area contributed by atoms with Crippen molar-refractivity contribution in [3.63, 3.8) is 0 Å². The van der Waals surface area contributed by atoms with E-state index in [2.05, 4.69) is 15.9 Å². The number of hydrogen-bond donors (Lipinski definition) is 0. The largest absolute Gasteiger partial charge is 0.294 e. The predicted octanol–water partition coefficient (Wildman–Crippen LogP) is 2.51. The van der Waals surface area contributed by atoms with Crippen LogP contribution in [0.5, 0.6) is 0 Å². The van der Waals surface area contributed by atoms with Crippen molar-refractivity contribution in [2.75, 3.05) is 0 Å². The lowest BCUT2D eigenvalue weighted by molar-refractivity contribution is -0.112. The Morgan fingerprint density at radius 2 is 2.00 bits per heavy atom. The van der Waals surface area contributed by atoms with Gasteiger partial charge in [0.05, 0.1) is 4.48 Å². The smallest absolute Gasteiger partial charge is 0.166 e. The fraction of sp³-hybridized carbons (Fsp3) is 0.571. The van der Waals surface area contributed by atoms with E-state index >= 15 is 0 Å². The van der Waals surface area contributed by atoms with E-state index < -0.39 is 0 Å². The molecule has 0 N–H and O–H groups in total. The Labute approximate surface area is 64.3 Å². The van der Waals surface area contributed by atoms with Crippen molar-refractivity contribution < 1.29 is 4.79 Å².